The van der Waals surface area contributed by atoms with Crippen molar-refractivity contribution in [1.29, 1.82) is 5.26 Å². The van der Waals surface area contributed by atoms with E-state index in [1.54, 1.807) is 48.5 Å². The Balaban J connectivity index is 1.29. The summed E-state index contributed by atoms with van der Waals surface area (Å²) in [6, 6.07) is 26.2. The highest BCUT2D eigenvalue weighted by atomic mass is 19.1. The fourth-order valence-corrected chi connectivity index (χ4v) is 4.93. The largest absolute Gasteiger partial charge is 0.478 e. The van der Waals surface area contributed by atoms with E-state index in [2.05, 4.69) is 16.3 Å². The zero-order chi connectivity index (χ0) is 27.4. The van der Waals surface area contributed by atoms with Gasteiger partial charge in [0.05, 0.1) is 17.2 Å². The monoisotopic (exact) mass is 519 g/mol. The highest BCUT2D eigenvalue weighted by Gasteiger charge is 2.21. The van der Waals surface area contributed by atoms with Gasteiger partial charge in [-0.05, 0) is 77.6 Å². The highest BCUT2D eigenvalue weighted by Crippen LogP contribution is 2.31. The molecule has 1 aliphatic heterocycles. The van der Waals surface area contributed by atoms with Gasteiger partial charge in [0.2, 0.25) is 0 Å². The second-order valence-corrected chi connectivity index (χ2v) is 9.52. The van der Waals surface area contributed by atoms with Crippen molar-refractivity contribution in [2.75, 3.05) is 11.4 Å². The second-order valence-electron chi connectivity index (χ2n) is 9.52. The van der Waals surface area contributed by atoms with Crippen LogP contribution in [-0.2, 0) is 19.5 Å². The maximum Gasteiger partial charge on any atom is 0.336 e. The van der Waals surface area contributed by atoms with Crippen LogP contribution in [-0.4, -0.2) is 23.5 Å². The van der Waals surface area contributed by atoms with Gasteiger partial charge in [0.1, 0.15) is 5.82 Å². The van der Waals surface area contributed by atoms with Crippen LogP contribution < -0.4 is 10.2 Å². The van der Waals surface area contributed by atoms with Crippen molar-refractivity contribution < 1.29 is 19.1 Å². The van der Waals surface area contributed by atoms with Crippen molar-refractivity contribution in [3.8, 4) is 17.2 Å². The molecule has 4 aromatic carbocycles. The smallest absolute Gasteiger partial charge is 0.336 e. The van der Waals surface area contributed by atoms with Gasteiger partial charge in [0.25, 0.3) is 5.91 Å². The first kappa shape index (κ1) is 25.7. The zero-order valence-corrected chi connectivity index (χ0v) is 21.2. The van der Waals surface area contributed by atoms with E-state index in [-0.39, 0.29) is 11.5 Å². The summed E-state index contributed by atoms with van der Waals surface area (Å²) in [7, 11) is 0. The van der Waals surface area contributed by atoms with Crippen molar-refractivity contribution >= 4 is 17.6 Å². The van der Waals surface area contributed by atoms with E-state index in [4.69, 9.17) is 5.26 Å². The molecule has 0 fully saturated rings. The molecule has 1 aliphatic rings. The Morgan fingerprint density at radius 1 is 1.00 bits per heavy atom. The molecule has 1 amide bonds. The molecule has 7 heteroatoms. The molecular formula is C32H26FN3O3. The molecule has 0 aromatic heterocycles. The lowest BCUT2D eigenvalue weighted by atomic mass is 9.96. The number of nitriles is 1. The SMILES string of the molecule is N#Cc1ccc(CNC(=O)c2ccc3c(c2)CCCN3Cc2ccc(-c3ccccc3C(=O)O)cc2F)cc1. The van der Waals surface area contributed by atoms with Crippen LogP contribution in [0.25, 0.3) is 11.1 Å². The first-order chi connectivity index (χ1) is 18.9. The van der Waals surface area contributed by atoms with Gasteiger partial charge in [0.15, 0.2) is 0 Å². The number of carbonyl (C=O) groups excluding carboxylic acids is 1. The summed E-state index contributed by atoms with van der Waals surface area (Å²) in [4.78, 5) is 26.5. The second kappa shape index (κ2) is 11.2. The predicted octanol–water partition coefficient (Wildman–Crippen LogP) is 5.95. The number of rotatable bonds is 7. The fraction of sp³-hybridized carbons (Fsp3) is 0.156. The molecule has 0 unspecified atom stereocenters. The average Bonchev–Trinajstić information content (AvgIpc) is 2.97. The highest BCUT2D eigenvalue weighted by molar-refractivity contribution is 5.96. The molecule has 0 radical (unpaired) electrons. The summed E-state index contributed by atoms with van der Waals surface area (Å²) in [5.74, 6) is -1.62. The topological polar surface area (TPSA) is 93.4 Å². The summed E-state index contributed by atoms with van der Waals surface area (Å²) >= 11 is 0. The summed E-state index contributed by atoms with van der Waals surface area (Å²) in [6.45, 7) is 1.49. The molecule has 0 spiro atoms. The molecule has 4 aromatic rings. The maximum absolute atomic E-state index is 15.2. The number of fused-ring (bicyclic) bond motifs is 1. The molecule has 0 saturated heterocycles. The van der Waals surface area contributed by atoms with Crippen LogP contribution in [0.2, 0.25) is 0 Å². The number of hydrogen-bond acceptors (Lipinski definition) is 4. The Hall–Kier alpha value is -4.96. The number of aromatic carboxylic acids is 1. The van der Waals surface area contributed by atoms with E-state index in [1.165, 1.54) is 12.1 Å². The van der Waals surface area contributed by atoms with Crippen LogP contribution in [0.15, 0.2) is 84.9 Å². The molecule has 0 bridgehead atoms. The van der Waals surface area contributed by atoms with Crippen molar-refractivity contribution in [3.05, 3.63) is 124 Å². The Bertz CT molecular complexity index is 1590. The molecule has 0 saturated carbocycles. The lowest BCUT2D eigenvalue weighted by Gasteiger charge is -2.32. The molecular weight excluding hydrogens is 493 g/mol. The van der Waals surface area contributed by atoms with Gasteiger partial charge >= 0.3 is 5.97 Å². The van der Waals surface area contributed by atoms with Gasteiger partial charge in [-0.3, -0.25) is 4.79 Å². The van der Waals surface area contributed by atoms with Crippen molar-refractivity contribution in [1.82, 2.24) is 5.32 Å². The molecule has 2 N–H and O–H groups in total. The predicted molar refractivity (Wildman–Crippen MR) is 147 cm³/mol. The minimum absolute atomic E-state index is 0.131. The van der Waals surface area contributed by atoms with E-state index in [1.807, 2.05) is 24.3 Å². The number of nitrogens with one attached hydrogen (secondary N) is 1. The fourth-order valence-electron chi connectivity index (χ4n) is 4.93. The van der Waals surface area contributed by atoms with Crippen LogP contribution in [0.3, 0.4) is 0 Å². The first-order valence-corrected chi connectivity index (χ1v) is 12.7. The Labute approximate surface area is 226 Å². The summed E-state index contributed by atoms with van der Waals surface area (Å²) in [5, 5.41) is 21.3. The van der Waals surface area contributed by atoms with Crippen LogP contribution >= 0.6 is 0 Å². The third-order valence-electron chi connectivity index (χ3n) is 6.98. The number of hydrogen-bond donors (Lipinski definition) is 2. The first-order valence-electron chi connectivity index (χ1n) is 12.7. The van der Waals surface area contributed by atoms with Crippen LogP contribution in [0, 0.1) is 17.1 Å². The van der Waals surface area contributed by atoms with Crippen molar-refractivity contribution in [2.45, 2.75) is 25.9 Å². The number of benzene rings is 4. The van der Waals surface area contributed by atoms with Gasteiger partial charge < -0.3 is 15.3 Å². The molecule has 194 valence electrons. The summed E-state index contributed by atoms with van der Waals surface area (Å²) in [5.41, 5.74) is 5.71. The number of carboxylic acid groups (broad SMARTS) is 1. The number of anilines is 1. The molecule has 0 atom stereocenters. The minimum atomic E-state index is -1.05. The third-order valence-corrected chi connectivity index (χ3v) is 6.98. The molecule has 39 heavy (non-hydrogen) atoms. The number of carboxylic acids is 1. The molecule has 5 rings (SSSR count). The van der Waals surface area contributed by atoms with E-state index in [0.717, 1.165) is 36.2 Å². The quantitative estimate of drug-likeness (QED) is 0.315. The summed E-state index contributed by atoms with van der Waals surface area (Å²) in [6.07, 6.45) is 1.71. The Kier molecular flexibility index (Phi) is 7.37. The van der Waals surface area contributed by atoms with Crippen LogP contribution in [0.4, 0.5) is 10.1 Å². The normalized spacial score (nSPS) is 12.4. The standard InChI is InChI=1S/C32H26FN3O3/c33-29-17-23(27-5-1-2-6-28(27)32(38)39)11-12-26(29)20-36-15-3-4-24-16-25(13-14-30(24)36)31(37)35-19-22-9-7-21(18-34)8-10-22/h1-2,5-14,16-17H,3-4,15,19-20H2,(H,35,37)(H,38,39). The zero-order valence-electron chi connectivity index (χ0n) is 21.2. The van der Waals surface area contributed by atoms with Gasteiger partial charge in [-0.15, -0.1) is 0 Å². The number of aryl methyl sites for hydroxylation is 1. The van der Waals surface area contributed by atoms with Gasteiger partial charge in [-0.2, -0.15) is 5.26 Å². The molecule has 1 heterocycles. The lowest BCUT2D eigenvalue weighted by Crippen LogP contribution is -2.30. The van der Waals surface area contributed by atoms with Crippen molar-refractivity contribution in [3.63, 3.8) is 0 Å². The van der Waals surface area contributed by atoms with Gasteiger partial charge in [-0.25, -0.2) is 9.18 Å². The van der Waals surface area contributed by atoms with Crippen LogP contribution in [0.5, 0.6) is 0 Å². The minimum Gasteiger partial charge on any atom is -0.478 e. The molecule has 0 aliphatic carbocycles. The number of amides is 1. The number of nitrogens with zero attached hydrogens (tertiary/aromatic N) is 2. The average molecular weight is 520 g/mol. The van der Waals surface area contributed by atoms with E-state index >= 15 is 4.39 Å². The van der Waals surface area contributed by atoms with E-state index < -0.39 is 11.8 Å². The Morgan fingerprint density at radius 3 is 2.54 bits per heavy atom. The maximum atomic E-state index is 15.2. The van der Waals surface area contributed by atoms with Crippen molar-refractivity contribution in [2.24, 2.45) is 0 Å². The van der Waals surface area contributed by atoms with E-state index in [9.17, 15) is 14.7 Å². The summed E-state index contributed by atoms with van der Waals surface area (Å²) < 4.78 is 15.2. The number of halogens is 1. The van der Waals surface area contributed by atoms with Gasteiger partial charge in [-0.1, -0.05) is 42.5 Å². The third kappa shape index (κ3) is 5.65. The molecule has 6 nitrogen and oxygen atoms in total. The van der Waals surface area contributed by atoms with Crippen LogP contribution in [0.1, 0.15) is 49.4 Å². The Morgan fingerprint density at radius 2 is 1.79 bits per heavy atom. The lowest BCUT2D eigenvalue weighted by molar-refractivity contribution is 0.0697. The number of carbonyl (C=O) groups is 2. The van der Waals surface area contributed by atoms with E-state index in [0.29, 0.717) is 40.9 Å². The van der Waals surface area contributed by atoms with Gasteiger partial charge in [0, 0.05) is 36.4 Å².